The number of nitrogens with one attached hydrogen (secondary N) is 1. The molecule has 1 saturated carbocycles. The Hall–Kier alpha value is -0.610. The molecule has 21 heavy (non-hydrogen) atoms. The lowest BCUT2D eigenvalue weighted by molar-refractivity contribution is -0.148. The fourth-order valence-electron chi connectivity index (χ4n) is 3.41. The van der Waals surface area contributed by atoms with Gasteiger partial charge in [0.1, 0.15) is 5.54 Å². The van der Waals surface area contributed by atoms with Crippen molar-refractivity contribution in [3.05, 3.63) is 0 Å². The highest BCUT2D eigenvalue weighted by molar-refractivity contribution is 5.80. The summed E-state index contributed by atoms with van der Waals surface area (Å²) in [6.45, 7) is 5.28. The second-order valence-electron chi connectivity index (χ2n) is 6.74. The summed E-state index contributed by atoms with van der Waals surface area (Å²) >= 11 is 0. The monoisotopic (exact) mass is 298 g/mol. The first-order valence-corrected chi connectivity index (χ1v) is 8.44. The lowest BCUT2D eigenvalue weighted by Crippen LogP contribution is -2.48. The van der Waals surface area contributed by atoms with Crippen molar-refractivity contribution in [2.75, 3.05) is 27.7 Å². The number of carbonyl (C=O) groups excluding carboxylic acids is 1. The van der Waals surface area contributed by atoms with Crippen LogP contribution < -0.4 is 5.32 Å². The Labute approximate surface area is 130 Å². The molecule has 4 nitrogen and oxygen atoms in total. The SMILES string of the molecule is CCC1CCC(N(C)CCCC(C)(NC)C(=O)OC)CC1. The number of ether oxygens (including phenoxy) is 1. The highest BCUT2D eigenvalue weighted by Gasteiger charge is 2.32. The normalized spacial score (nSPS) is 25.6. The van der Waals surface area contributed by atoms with Crippen LogP contribution in [0, 0.1) is 5.92 Å². The van der Waals surface area contributed by atoms with Crippen LogP contribution in [0.1, 0.15) is 58.8 Å². The second-order valence-corrected chi connectivity index (χ2v) is 6.74. The fraction of sp³-hybridized carbons (Fsp3) is 0.941. The zero-order chi connectivity index (χ0) is 15.9. The van der Waals surface area contributed by atoms with Crippen LogP contribution in [0.15, 0.2) is 0 Å². The molecule has 0 spiro atoms. The summed E-state index contributed by atoms with van der Waals surface area (Å²) in [7, 11) is 5.51. The summed E-state index contributed by atoms with van der Waals surface area (Å²) in [4.78, 5) is 14.3. The van der Waals surface area contributed by atoms with Crippen LogP contribution in [0.5, 0.6) is 0 Å². The Morgan fingerprint density at radius 3 is 2.43 bits per heavy atom. The molecule has 0 aromatic rings. The first-order chi connectivity index (χ1) is 9.96. The number of esters is 1. The van der Waals surface area contributed by atoms with E-state index < -0.39 is 5.54 Å². The average Bonchev–Trinajstić information content (AvgIpc) is 2.53. The summed E-state index contributed by atoms with van der Waals surface area (Å²) < 4.78 is 4.89. The third-order valence-corrected chi connectivity index (χ3v) is 5.39. The highest BCUT2D eigenvalue weighted by atomic mass is 16.5. The van der Waals surface area contributed by atoms with Gasteiger partial charge in [-0.15, -0.1) is 0 Å². The maximum atomic E-state index is 11.8. The van der Waals surface area contributed by atoms with Gasteiger partial charge in [0.05, 0.1) is 7.11 Å². The van der Waals surface area contributed by atoms with E-state index in [4.69, 9.17) is 4.74 Å². The summed E-state index contributed by atoms with van der Waals surface area (Å²) in [5.74, 6) is 0.776. The number of likely N-dealkylation sites (N-methyl/N-ethyl adjacent to an activating group) is 1. The zero-order valence-corrected chi connectivity index (χ0v) is 14.6. The van der Waals surface area contributed by atoms with Crippen molar-refractivity contribution in [1.29, 1.82) is 0 Å². The van der Waals surface area contributed by atoms with E-state index in [0.29, 0.717) is 0 Å². The number of hydrogen-bond donors (Lipinski definition) is 1. The largest absolute Gasteiger partial charge is 0.468 e. The van der Waals surface area contributed by atoms with Crippen LogP contribution in [-0.2, 0) is 9.53 Å². The molecule has 1 aliphatic rings. The quantitative estimate of drug-likeness (QED) is 0.700. The molecule has 1 atom stereocenters. The minimum Gasteiger partial charge on any atom is -0.468 e. The first-order valence-electron chi connectivity index (χ1n) is 8.44. The maximum Gasteiger partial charge on any atom is 0.325 e. The number of methoxy groups -OCH3 is 1. The van der Waals surface area contributed by atoms with Crippen molar-refractivity contribution in [3.8, 4) is 0 Å². The number of rotatable bonds is 8. The first kappa shape index (κ1) is 18.4. The predicted octanol–water partition coefficient (Wildman–Crippen LogP) is 2.82. The van der Waals surface area contributed by atoms with E-state index in [-0.39, 0.29) is 5.97 Å². The molecular weight excluding hydrogens is 264 g/mol. The van der Waals surface area contributed by atoms with Gasteiger partial charge in [-0.05, 0) is 72.0 Å². The van der Waals surface area contributed by atoms with Crippen molar-refractivity contribution in [3.63, 3.8) is 0 Å². The third-order valence-electron chi connectivity index (χ3n) is 5.39. The molecule has 1 unspecified atom stereocenters. The lowest BCUT2D eigenvalue weighted by Gasteiger charge is -2.35. The molecule has 0 bridgehead atoms. The summed E-state index contributed by atoms with van der Waals surface area (Å²) in [5.41, 5.74) is -0.560. The smallest absolute Gasteiger partial charge is 0.325 e. The Bertz CT molecular complexity index is 314. The molecule has 1 aliphatic carbocycles. The molecule has 0 aliphatic heterocycles. The van der Waals surface area contributed by atoms with E-state index in [1.165, 1.54) is 39.2 Å². The summed E-state index contributed by atoms with van der Waals surface area (Å²) in [6, 6.07) is 0.728. The lowest BCUT2D eigenvalue weighted by atomic mass is 9.84. The molecule has 0 aromatic carbocycles. The van der Waals surface area contributed by atoms with Crippen LogP contribution in [-0.4, -0.2) is 50.2 Å². The van der Waals surface area contributed by atoms with Crippen molar-refractivity contribution < 1.29 is 9.53 Å². The van der Waals surface area contributed by atoms with Gasteiger partial charge in [0.2, 0.25) is 0 Å². The van der Waals surface area contributed by atoms with Crippen molar-refractivity contribution >= 4 is 5.97 Å². The molecule has 1 N–H and O–H groups in total. The maximum absolute atomic E-state index is 11.8. The molecule has 1 rings (SSSR count). The van der Waals surface area contributed by atoms with E-state index >= 15 is 0 Å². The van der Waals surface area contributed by atoms with Gasteiger partial charge in [-0.25, -0.2) is 0 Å². The van der Waals surface area contributed by atoms with Crippen LogP contribution in [0.3, 0.4) is 0 Å². The standard InChI is InChI=1S/C17H34N2O2/c1-6-14-8-10-15(11-9-14)19(4)13-7-12-17(2,18-3)16(20)21-5/h14-15,18H,6-13H2,1-5H3. The Morgan fingerprint density at radius 2 is 1.95 bits per heavy atom. The van der Waals surface area contributed by atoms with Crippen LogP contribution in [0.4, 0.5) is 0 Å². The minimum atomic E-state index is -0.560. The van der Waals surface area contributed by atoms with E-state index in [0.717, 1.165) is 31.3 Å². The van der Waals surface area contributed by atoms with Gasteiger partial charge in [0.15, 0.2) is 0 Å². The molecule has 0 aromatic heterocycles. The van der Waals surface area contributed by atoms with E-state index in [1.54, 1.807) is 0 Å². The van der Waals surface area contributed by atoms with Crippen LogP contribution >= 0.6 is 0 Å². The molecular formula is C17H34N2O2. The van der Waals surface area contributed by atoms with E-state index in [9.17, 15) is 4.79 Å². The van der Waals surface area contributed by atoms with Crippen molar-refractivity contribution in [1.82, 2.24) is 10.2 Å². The number of carbonyl (C=O) groups is 1. The van der Waals surface area contributed by atoms with Crippen LogP contribution in [0.2, 0.25) is 0 Å². The van der Waals surface area contributed by atoms with Gasteiger partial charge < -0.3 is 15.0 Å². The Kier molecular flexibility index (Phi) is 7.67. The topological polar surface area (TPSA) is 41.6 Å². The summed E-state index contributed by atoms with van der Waals surface area (Å²) in [5, 5.41) is 3.10. The van der Waals surface area contributed by atoms with Crippen molar-refractivity contribution in [2.45, 2.75) is 70.4 Å². The van der Waals surface area contributed by atoms with E-state index in [1.807, 2.05) is 14.0 Å². The van der Waals surface area contributed by atoms with Gasteiger partial charge in [-0.1, -0.05) is 13.3 Å². The number of hydrogen-bond acceptors (Lipinski definition) is 4. The molecule has 0 radical (unpaired) electrons. The van der Waals surface area contributed by atoms with Gasteiger partial charge in [0.25, 0.3) is 0 Å². The van der Waals surface area contributed by atoms with Gasteiger partial charge >= 0.3 is 5.97 Å². The zero-order valence-electron chi connectivity index (χ0n) is 14.6. The van der Waals surface area contributed by atoms with Gasteiger partial charge in [-0.2, -0.15) is 0 Å². The Morgan fingerprint density at radius 1 is 1.33 bits per heavy atom. The van der Waals surface area contributed by atoms with Crippen LogP contribution in [0.25, 0.3) is 0 Å². The average molecular weight is 298 g/mol. The highest BCUT2D eigenvalue weighted by Crippen LogP contribution is 2.29. The molecule has 124 valence electrons. The molecule has 0 heterocycles. The predicted molar refractivity (Wildman–Crippen MR) is 87.4 cm³/mol. The second kappa shape index (κ2) is 8.74. The fourth-order valence-corrected chi connectivity index (χ4v) is 3.41. The molecule has 0 amide bonds. The van der Waals surface area contributed by atoms with Gasteiger partial charge in [0, 0.05) is 6.04 Å². The molecule has 0 saturated heterocycles. The minimum absolute atomic E-state index is 0.170. The van der Waals surface area contributed by atoms with Crippen molar-refractivity contribution in [2.24, 2.45) is 5.92 Å². The number of nitrogens with zero attached hydrogens (tertiary/aromatic N) is 1. The molecule has 4 heteroatoms. The van der Waals surface area contributed by atoms with E-state index in [2.05, 4.69) is 24.2 Å². The van der Waals surface area contributed by atoms with Gasteiger partial charge in [-0.3, -0.25) is 4.79 Å². The summed E-state index contributed by atoms with van der Waals surface area (Å²) in [6.07, 6.45) is 8.56. The Balaban J connectivity index is 2.33. The molecule has 1 fully saturated rings. The third kappa shape index (κ3) is 5.26.